The molecule has 1 atom stereocenters. The minimum Gasteiger partial charge on any atom is -0.361 e. The maximum atomic E-state index is 12.9. The molecule has 0 unspecified atom stereocenters. The quantitative estimate of drug-likeness (QED) is 0.749. The number of fused-ring (bicyclic) bond motifs is 1. The summed E-state index contributed by atoms with van der Waals surface area (Å²) in [6.45, 7) is 4.18. The van der Waals surface area contributed by atoms with Crippen LogP contribution in [0.2, 0.25) is 0 Å². The van der Waals surface area contributed by atoms with Gasteiger partial charge >= 0.3 is 0 Å². The van der Waals surface area contributed by atoms with Crippen molar-refractivity contribution >= 4 is 16.8 Å². The van der Waals surface area contributed by atoms with Gasteiger partial charge in [-0.05, 0) is 68.1 Å². The van der Waals surface area contributed by atoms with Crippen LogP contribution in [0.15, 0.2) is 54.7 Å². The molecule has 2 fully saturated rings. The lowest BCUT2D eigenvalue weighted by molar-refractivity contribution is 0.0780. The molecule has 144 valence electrons. The summed E-state index contributed by atoms with van der Waals surface area (Å²) in [6.07, 6.45) is 6.70. The largest absolute Gasteiger partial charge is 0.361 e. The SMILES string of the molecule is O=C(c1ccc(Cc2c[nH]c3ccccc23)cc1)N1CC[C@H](N2CCCC2)C1. The van der Waals surface area contributed by atoms with E-state index in [1.54, 1.807) is 0 Å². The van der Waals surface area contributed by atoms with Gasteiger partial charge in [-0.15, -0.1) is 0 Å². The molecule has 28 heavy (non-hydrogen) atoms. The van der Waals surface area contributed by atoms with Crippen LogP contribution in [0.4, 0.5) is 0 Å². The van der Waals surface area contributed by atoms with E-state index < -0.39 is 0 Å². The molecule has 2 aliphatic rings. The normalized spacial score (nSPS) is 20.3. The molecule has 0 bridgehead atoms. The smallest absolute Gasteiger partial charge is 0.253 e. The Morgan fingerprint density at radius 3 is 2.61 bits per heavy atom. The maximum absolute atomic E-state index is 12.9. The monoisotopic (exact) mass is 373 g/mol. The highest BCUT2D eigenvalue weighted by atomic mass is 16.2. The van der Waals surface area contributed by atoms with E-state index in [2.05, 4.69) is 52.5 Å². The van der Waals surface area contributed by atoms with E-state index >= 15 is 0 Å². The van der Waals surface area contributed by atoms with Crippen LogP contribution in [-0.2, 0) is 6.42 Å². The van der Waals surface area contributed by atoms with E-state index in [1.165, 1.54) is 48.0 Å². The van der Waals surface area contributed by atoms with E-state index in [4.69, 9.17) is 0 Å². The molecule has 3 heterocycles. The second-order valence-electron chi connectivity index (χ2n) is 8.17. The van der Waals surface area contributed by atoms with Crippen molar-refractivity contribution in [3.05, 3.63) is 71.4 Å². The van der Waals surface area contributed by atoms with Crippen molar-refractivity contribution < 1.29 is 4.79 Å². The maximum Gasteiger partial charge on any atom is 0.253 e. The van der Waals surface area contributed by atoms with E-state index in [9.17, 15) is 4.79 Å². The van der Waals surface area contributed by atoms with Crippen LogP contribution in [0.5, 0.6) is 0 Å². The zero-order valence-corrected chi connectivity index (χ0v) is 16.2. The van der Waals surface area contributed by atoms with Gasteiger partial charge in [0.05, 0.1) is 0 Å². The Kier molecular flexibility index (Phi) is 4.65. The fourth-order valence-corrected chi connectivity index (χ4v) is 4.78. The van der Waals surface area contributed by atoms with Gasteiger partial charge in [-0.1, -0.05) is 30.3 Å². The average Bonchev–Trinajstić information content (AvgIpc) is 3.49. The van der Waals surface area contributed by atoms with Crippen molar-refractivity contribution in [3.8, 4) is 0 Å². The van der Waals surface area contributed by atoms with Crippen molar-refractivity contribution in [3.63, 3.8) is 0 Å². The summed E-state index contributed by atoms with van der Waals surface area (Å²) < 4.78 is 0. The Morgan fingerprint density at radius 2 is 1.79 bits per heavy atom. The predicted molar refractivity (Wildman–Crippen MR) is 113 cm³/mol. The highest BCUT2D eigenvalue weighted by Gasteiger charge is 2.31. The number of nitrogens with one attached hydrogen (secondary N) is 1. The number of benzene rings is 2. The Hall–Kier alpha value is -2.59. The van der Waals surface area contributed by atoms with Gasteiger partial charge in [0.15, 0.2) is 0 Å². The summed E-state index contributed by atoms with van der Waals surface area (Å²) >= 11 is 0. The first-order chi connectivity index (χ1) is 13.8. The number of carbonyl (C=O) groups excluding carboxylic acids is 1. The number of H-pyrrole nitrogens is 1. The summed E-state index contributed by atoms with van der Waals surface area (Å²) in [4.78, 5) is 20.9. The predicted octanol–water partition coefficient (Wildman–Crippen LogP) is 4.07. The van der Waals surface area contributed by atoms with Gasteiger partial charge in [-0.2, -0.15) is 0 Å². The fraction of sp³-hybridized carbons (Fsp3) is 0.375. The highest BCUT2D eigenvalue weighted by molar-refractivity contribution is 5.94. The van der Waals surface area contributed by atoms with Crippen LogP contribution in [0.25, 0.3) is 10.9 Å². The number of likely N-dealkylation sites (tertiary alicyclic amines) is 2. The summed E-state index contributed by atoms with van der Waals surface area (Å²) in [5, 5.41) is 1.27. The van der Waals surface area contributed by atoms with Gasteiger partial charge in [-0.25, -0.2) is 0 Å². The fourth-order valence-electron chi connectivity index (χ4n) is 4.78. The molecule has 1 aromatic heterocycles. The Morgan fingerprint density at radius 1 is 1.00 bits per heavy atom. The topological polar surface area (TPSA) is 39.3 Å². The van der Waals surface area contributed by atoms with Crippen molar-refractivity contribution in [2.24, 2.45) is 0 Å². The van der Waals surface area contributed by atoms with Gasteiger partial charge < -0.3 is 9.88 Å². The molecule has 2 aromatic carbocycles. The first kappa shape index (κ1) is 17.5. The first-order valence-corrected chi connectivity index (χ1v) is 10.5. The molecule has 1 amide bonds. The molecular formula is C24H27N3O. The summed E-state index contributed by atoms with van der Waals surface area (Å²) in [5.41, 5.74) is 4.51. The second kappa shape index (κ2) is 7.44. The van der Waals surface area contributed by atoms with Crippen LogP contribution in [0, 0.1) is 0 Å². The van der Waals surface area contributed by atoms with Crippen LogP contribution >= 0.6 is 0 Å². The van der Waals surface area contributed by atoms with E-state index in [1.807, 2.05) is 17.0 Å². The number of para-hydroxylation sites is 1. The molecule has 0 aliphatic carbocycles. The summed E-state index contributed by atoms with van der Waals surface area (Å²) in [7, 11) is 0. The van der Waals surface area contributed by atoms with Gasteiger partial charge in [0.2, 0.25) is 0 Å². The number of rotatable bonds is 4. The minimum atomic E-state index is 0.181. The molecule has 0 saturated carbocycles. The minimum absolute atomic E-state index is 0.181. The Labute approximate surface area is 166 Å². The van der Waals surface area contributed by atoms with Gasteiger partial charge in [0.25, 0.3) is 5.91 Å². The molecule has 4 heteroatoms. The molecule has 0 spiro atoms. The Balaban J connectivity index is 1.25. The summed E-state index contributed by atoms with van der Waals surface area (Å²) in [6, 6.07) is 17.1. The second-order valence-corrected chi connectivity index (χ2v) is 8.17. The van der Waals surface area contributed by atoms with Crippen molar-refractivity contribution in [1.29, 1.82) is 0 Å². The van der Waals surface area contributed by atoms with Crippen LogP contribution in [0.3, 0.4) is 0 Å². The molecule has 4 nitrogen and oxygen atoms in total. The van der Waals surface area contributed by atoms with Crippen molar-refractivity contribution in [1.82, 2.24) is 14.8 Å². The number of hydrogen-bond acceptors (Lipinski definition) is 2. The Bertz CT molecular complexity index is 969. The van der Waals surface area contributed by atoms with Crippen LogP contribution in [0.1, 0.15) is 40.7 Å². The molecule has 2 aliphatic heterocycles. The lowest BCUT2D eigenvalue weighted by atomic mass is 10.0. The zero-order valence-electron chi connectivity index (χ0n) is 16.2. The van der Waals surface area contributed by atoms with Crippen molar-refractivity contribution in [2.45, 2.75) is 31.7 Å². The lowest BCUT2D eigenvalue weighted by Crippen LogP contribution is -2.37. The van der Waals surface area contributed by atoms with Gasteiger partial charge in [0.1, 0.15) is 0 Å². The molecule has 3 aromatic rings. The number of carbonyl (C=O) groups is 1. The molecule has 2 saturated heterocycles. The van der Waals surface area contributed by atoms with Gasteiger partial charge in [0, 0.05) is 41.8 Å². The third kappa shape index (κ3) is 3.33. The van der Waals surface area contributed by atoms with E-state index in [-0.39, 0.29) is 5.91 Å². The van der Waals surface area contributed by atoms with Crippen LogP contribution in [-0.4, -0.2) is 52.9 Å². The molecule has 0 radical (unpaired) electrons. The molecule has 5 rings (SSSR count). The number of hydrogen-bond donors (Lipinski definition) is 1. The van der Waals surface area contributed by atoms with Crippen LogP contribution < -0.4 is 0 Å². The third-order valence-electron chi connectivity index (χ3n) is 6.38. The summed E-state index contributed by atoms with van der Waals surface area (Å²) in [5.74, 6) is 0.181. The first-order valence-electron chi connectivity index (χ1n) is 10.5. The highest BCUT2D eigenvalue weighted by Crippen LogP contribution is 2.23. The zero-order chi connectivity index (χ0) is 18.9. The van der Waals surface area contributed by atoms with E-state index in [0.29, 0.717) is 6.04 Å². The molecular weight excluding hydrogens is 346 g/mol. The number of aromatic amines is 1. The average molecular weight is 374 g/mol. The standard InChI is InChI=1S/C24H27N3O/c28-24(27-14-11-21(17-27)26-12-3-4-13-26)19-9-7-18(8-10-19)15-20-16-25-23-6-2-1-5-22(20)23/h1-2,5-10,16,21,25H,3-4,11-15,17H2/t21-/m0/s1. The lowest BCUT2D eigenvalue weighted by Gasteiger charge is -2.23. The van der Waals surface area contributed by atoms with Gasteiger partial charge in [-0.3, -0.25) is 9.69 Å². The van der Waals surface area contributed by atoms with E-state index in [0.717, 1.165) is 31.5 Å². The number of nitrogens with zero attached hydrogens (tertiary/aromatic N) is 2. The van der Waals surface area contributed by atoms with Crippen molar-refractivity contribution in [2.75, 3.05) is 26.2 Å². The number of aromatic nitrogens is 1. The number of amides is 1. The third-order valence-corrected chi connectivity index (χ3v) is 6.38. The molecule has 1 N–H and O–H groups in total.